The van der Waals surface area contributed by atoms with Crippen LogP contribution < -0.4 is 0 Å². The van der Waals surface area contributed by atoms with Crippen molar-refractivity contribution in [2.75, 3.05) is 0 Å². The summed E-state index contributed by atoms with van der Waals surface area (Å²) in [6.45, 7) is 14.1. The average Bonchev–Trinajstić information content (AvgIpc) is 3.58. The fourth-order valence-corrected chi connectivity index (χ4v) is 11.6. The van der Waals surface area contributed by atoms with E-state index in [2.05, 4.69) is 126 Å². The monoisotopic (exact) mass is 538 g/mol. The summed E-state index contributed by atoms with van der Waals surface area (Å²) in [4.78, 5) is 0. The molecular formula is C39H42Si. The normalized spacial score (nSPS) is 14.2. The van der Waals surface area contributed by atoms with Gasteiger partial charge in [0, 0.05) is 0 Å². The van der Waals surface area contributed by atoms with Gasteiger partial charge in [0.1, 0.15) is 8.07 Å². The van der Waals surface area contributed by atoms with Crippen LogP contribution in [0.15, 0.2) is 83.2 Å². The fraction of sp³-hybridized carbons (Fsp3) is 0.282. The van der Waals surface area contributed by atoms with Crippen LogP contribution in [0.25, 0.3) is 34.4 Å². The smallest absolute Gasteiger partial charge is 0.0712 e. The Kier molecular flexibility index (Phi) is 7.05. The summed E-state index contributed by atoms with van der Waals surface area (Å²) in [7, 11) is -1.88. The molecule has 4 aromatic rings. The van der Waals surface area contributed by atoms with Gasteiger partial charge in [0.2, 0.25) is 0 Å². The molecule has 0 fully saturated rings. The Morgan fingerprint density at radius 2 is 0.975 bits per heavy atom. The van der Waals surface area contributed by atoms with Gasteiger partial charge in [-0.25, -0.2) is 0 Å². The van der Waals surface area contributed by atoms with Crippen molar-refractivity contribution in [3.8, 4) is 22.3 Å². The molecule has 1 heteroatoms. The highest BCUT2D eigenvalue weighted by atomic mass is 28.3. The maximum Gasteiger partial charge on any atom is 0.106 e. The van der Waals surface area contributed by atoms with Crippen LogP contribution in [0.4, 0.5) is 0 Å². The molecule has 40 heavy (non-hydrogen) atoms. The highest BCUT2D eigenvalue weighted by Gasteiger charge is 2.39. The molecule has 0 saturated carbocycles. The van der Waals surface area contributed by atoms with Gasteiger partial charge in [-0.3, -0.25) is 0 Å². The number of hydrogen-bond donors (Lipinski definition) is 0. The zero-order valence-corrected chi connectivity index (χ0v) is 26.1. The van der Waals surface area contributed by atoms with Crippen molar-refractivity contribution in [3.05, 3.63) is 128 Å². The third-order valence-electron chi connectivity index (χ3n) is 9.74. The molecule has 0 N–H and O–H groups in total. The maximum atomic E-state index is 2.68. The Balaban J connectivity index is 1.46. The second-order valence-electron chi connectivity index (χ2n) is 12.4. The minimum Gasteiger partial charge on any atom is -0.0712 e. The first-order chi connectivity index (χ1) is 19.3. The van der Waals surface area contributed by atoms with Crippen molar-refractivity contribution in [1.29, 1.82) is 0 Å². The van der Waals surface area contributed by atoms with Crippen molar-refractivity contribution >= 4 is 20.2 Å². The molecule has 6 rings (SSSR count). The highest BCUT2D eigenvalue weighted by molar-refractivity contribution is 6.93. The van der Waals surface area contributed by atoms with Crippen LogP contribution in [-0.2, 0) is 12.8 Å². The summed E-state index contributed by atoms with van der Waals surface area (Å²) < 4.78 is 0. The summed E-state index contributed by atoms with van der Waals surface area (Å²) in [5.74, 6) is 0. The highest BCUT2D eigenvalue weighted by Crippen LogP contribution is 2.46. The van der Waals surface area contributed by atoms with Crippen LogP contribution in [-0.4, -0.2) is 8.07 Å². The van der Waals surface area contributed by atoms with Crippen molar-refractivity contribution < 1.29 is 0 Å². The van der Waals surface area contributed by atoms with Crippen LogP contribution in [0.5, 0.6) is 0 Å². The number of allylic oxidation sites excluding steroid dienone is 2. The Labute approximate surface area is 242 Å². The quantitative estimate of drug-likeness (QED) is 0.205. The predicted molar refractivity (Wildman–Crippen MR) is 177 cm³/mol. The topological polar surface area (TPSA) is 0 Å². The molecule has 2 aliphatic rings. The molecule has 0 heterocycles. The Bertz CT molecular complexity index is 1520. The zero-order chi connectivity index (χ0) is 28.0. The van der Waals surface area contributed by atoms with E-state index in [1.807, 2.05) is 0 Å². The van der Waals surface area contributed by atoms with Crippen LogP contribution in [0.1, 0.15) is 64.3 Å². The van der Waals surface area contributed by atoms with Crippen molar-refractivity contribution in [1.82, 2.24) is 0 Å². The summed E-state index contributed by atoms with van der Waals surface area (Å²) in [5.41, 5.74) is 17.1. The maximum absolute atomic E-state index is 2.68. The lowest BCUT2D eigenvalue weighted by molar-refractivity contribution is 0.867. The standard InChI is InChI=1S/C39H42Si/c1-7-8-21-40(6,32-22-30-17-11-19-34(36(30)24-32)38-26(2)13-9-14-27(38)3)33-23-31-18-12-20-35(37(31)25-33)39-28(4)15-10-16-29(39)5/h9-20,24-25H,7-8,21-23H2,1-6H3. The Morgan fingerprint density at radius 3 is 1.38 bits per heavy atom. The first-order valence-electron chi connectivity index (χ1n) is 15.1. The number of aryl methyl sites for hydroxylation is 4. The zero-order valence-electron chi connectivity index (χ0n) is 25.1. The largest absolute Gasteiger partial charge is 0.106 e. The van der Waals surface area contributed by atoms with Crippen molar-refractivity contribution in [2.24, 2.45) is 0 Å². The Morgan fingerprint density at radius 1 is 0.575 bits per heavy atom. The summed E-state index contributed by atoms with van der Waals surface area (Å²) in [6, 6.07) is 28.8. The molecule has 0 amide bonds. The molecule has 2 aliphatic carbocycles. The summed E-state index contributed by atoms with van der Waals surface area (Å²) >= 11 is 0. The van der Waals surface area contributed by atoms with Gasteiger partial charge in [-0.15, -0.1) is 0 Å². The van der Waals surface area contributed by atoms with E-state index in [1.165, 1.54) is 85.6 Å². The molecule has 0 aromatic heterocycles. The van der Waals surface area contributed by atoms with Gasteiger partial charge in [-0.1, -0.05) is 128 Å². The van der Waals surface area contributed by atoms with Gasteiger partial charge in [0.15, 0.2) is 0 Å². The van der Waals surface area contributed by atoms with Crippen LogP contribution in [0, 0.1) is 27.7 Å². The third-order valence-corrected chi connectivity index (χ3v) is 14.6. The van der Waals surface area contributed by atoms with E-state index in [-0.39, 0.29) is 0 Å². The van der Waals surface area contributed by atoms with Gasteiger partial charge in [-0.2, -0.15) is 0 Å². The van der Waals surface area contributed by atoms with E-state index in [0.717, 1.165) is 12.8 Å². The van der Waals surface area contributed by atoms with E-state index >= 15 is 0 Å². The number of hydrogen-bond acceptors (Lipinski definition) is 0. The van der Waals surface area contributed by atoms with E-state index in [9.17, 15) is 0 Å². The molecule has 0 unspecified atom stereocenters. The van der Waals surface area contributed by atoms with Gasteiger partial charge >= 0.3 is 0 Å². The second kappa shape index (κ2) is 10.5. The van der Waals surface area contributed by atoms with E-state index in [1.54, 1.807) is 10.4 Å². The van der Waals surface area contributed by atoms with Crippen LogP contribution in [0.3, 0.4) is 0 Å². The molecule has 0 atom stereocenters. The lowest BCUT2D eigenvalue weighted by atomic mass is 9.91. The van der Waals surface area contributed by atoms with E-state index in [0.29, 0.717) is 0 Å². The van der Waals surface area contributed by atoms with Crippen molar-refractivity contribution in [2.45, 2.75) is 72.9 Å². The molecule has 0 aliphatic heterocycles. The van der Waals surface area contributed by atoms with Crippen LogP contribution in [0.2, 0.25) is 12.6 Å². The number of benzene rings is 4. The molecule has 0 saturated heterocycles. The van der Waals surface area contributed by atoms with Crippen molar-refractivity contribution in [3.63, 3.8) is 0 Å². The van der Waals surface area contributed by atoms with Gasteiger partial charge in [-0.05, 0) is 107 Å². The summed E-state index contributed by atoms with van der Waals surface area (Å²) in [5, 5.41) is 3.45. The minimum absolute atomic E-state index is 1.11. The van der Waals surface area contributed by atoms with Gasteiger partial charge < -0.3 is 0 Å². The van der Waals surface area contributed by atoms with Gasteiger partial charge in [0.05, 0.1) is 0 Å². The molecule has 0 radical (unpaired) electrons. The predicted octanol–water partition coefficient (Wildman–Crippen LogP) is 10.8. The fourth-order valence-electron chi connectivity index (χ4n) is 7.42. The second-order valence-corrected chi connectivity index (χ2v) is 16.9. The number of unbranched alkanes of at least 4 members (excludes halogenated alkanes) is 1. The Hall–Kier alpha value is -3.42. The molecular weight excluding hydrogens is 497 g/mol. The van der Waals surface area contributed by atoms with E-state index in [4.69, 9.17) is 0 Å². The molecule has 202 valence electrons. The first kappa shape index (κ1) is 26.8. The van der Waals surface area contributed by atoms with Gasteiger partial charge in [0.25, 0.3) is 0 Å². The SMILES string of the molecule is CCCC[Si](C)(C1=Cc2c(cccc2-c2c(C)cccc2C)C1)C1=Cc2c(cccc2-c2c(C)cccc2C)C1. The van der Waals surface area contributed by atoms with E-state index < -0.39 is 8.07 Å². The molecule has 0 spiro atoms. The average molecular weight is 539 g/mol. The first-order valence-corrected chi connectivity index (χ1v) is 17.8. The van der Waals surface area contributed by atoms with Crippen LogP contribution >= 0.6 is 0 Å². The third kappa shape index (κ3) is 4.45. The molecule has 4 aromatic carbocycles. The minimum atomic E-state index is -1.88. The molecule has 0 nitrogen and oxygen atoms in total. The number of fused-ring (bicyclic) bond motifs is 2. The number of rotatable bonds is 7. The molecule has 0 bridgehead atoms. The lowest BCUT2D eigenvalue weighted by Gasteiger charge is -2.31. The summed E-state index contributed by atoms with van der Waals surface area (Å²) in [6.07, 6.45) is 10.0. The lowest BCUT2D eigenvalue weighted by Crippen LogP contribution is -2.36.